The summed E-state index contributed by atoms with van der Waals surface area (Å²) in [7, 11) is 0. The second kappa shape index (κ2) is 13.4. The molecular weight excluding hydrogens is 432 g/mol. The van der Waals surface area contributed by atoms with E-state index in [1.54, 1.807) is 0 Å². The van der Waals surface area contributed by atoms with Crippen LogP contribution in [0.2, 0.25) is 0 Å². The van der Waals surface area contributed by atoms with Crippen LogP contribution in [0, 0.1) is 0 Å². The van der Waals surface area contributed by atoms with E-state index >= 15 is 0 Å². The van der Waals surface area contributed by atoms with Crippen LogP contribution >= 0.6 is 0 Å². The summed E-state index contributed by atoms with van der Waals surface area (Å²) in [6.45, 7) is -0.160. The molecule has 1 atom stereocenters. The van der Waals surface area contributed by atoms with Crippen LogP contribution in [0.1, 0.15) is 12.8 Å². The highest BCUT2D eigenvalue weighted by Crippen LogP contribution is 2.10. The summed E-state index contributed by atoms with van der Waals surface area (Å²) in [5.41, 5.74) is 0. The van der Waals surface area contributed by atoms with Crippen LogP contribution in [-0.4, -0.2) is 147 Å². The molecule has 1 rings (SSSR count). The molecule has 14 nitrogen and oxygen atoms in total. The number of rotatable bonds is 9. The minimum atomic E-state index is -1.25. The van der Waals surface area contributed by atoms with E-state index in [-0.39, 0.29) is 78.3 Å². The number of nitrogens with zero attached hydrogens (tertiary/aromatic N) is 4. The first-order valence-electron chi connectivity index (χ1n) is 10.0. The lowest BCUT2D eigenvalue weighted by molar-refractivity contribution is -0.145. The molecule has 1 heterocycles. The van der Waals surface area contributed by atoms with Crippen molar-refractivity contribution < 1.29 is 49.5 Å². The molecule has 1 aliphatic heterocycles. The van der Waals surface area contributed by atoms with Gasteiger partial charge in [-0.15, -0.1) is 0 Å². The molecule has 14 heteroatoms. The van der Waals surface area contributed by atoms with Gasteiger partial charge in [-0.2, -0.15) is 0 Å². The lowest BCUT2D eigenvalue weighted by Crippen LogP contribution is -2.52. The fourth-order valence-corrected chi connectivity index (χ4v) is 3.44. The molecule has 1 amide bonds. The number of aliphatic carboxylic acids is 4. The van der Waals surface area contributed by atoms with E-state index in [1.807, 2.05) is 0 Å². The van der Waals surface area contributed by atoms with Gasteiger partial charge in [0.25, 0.3) is 0 Å². The van der Waals surface area contributed by atoms with Crippen molar-refractivity contribution >= 4 is 30.0 Å². The summed E-state index contributed by atoms with van der Waals surface area (Å²) >= 11 is 0. The second-order valence-corrected chi connectivity index (χ2v) is 7.43. The molecule has 0 aromatic rings. The van der Waals surface area contributed by atoms with Crippen molar-refractivity contribution in [1.82, 2.24) is 19.6 Å². The van der Waals surface area contributed by atoms with E-state index in [1.165, 1.54) is 14.7 Å². The number of carbonyl (C=O) groups is 5. The van der Waals surface area contributed by atoms with Gasteiger partial charge in [0, 0.05) is 58.8 Å². The van der Waals surface area contributed by atoms with Crippen molar-refractivity contribution in [2.45, 2.75) is 18.9 Å². The third-order valence-corrected chi connectivity index (χ3v) is 5.12. The van der Waals surface area contributed by atoms with Gasteiger partial charge in [-0.25, -0.2) is 4.79 Å². The number of carboxylic acid groups (broad SMARTS) is 5. The van der Waals surface area contributed by atoms with E-state index in [0.29, 0.717) is 0 Å². The Bertz CT molecular complexity index is 689. The Morgan fingerprint density at radius 1 is 0.625 bits per heavy atom. The zero-order chi connectivity index (χ0) is 24.3. The summed E-state index contributed by atoms with van der Waals surface area (Å²) in [4.78, 5) is 62.2. The minimum absolute atomic E-state index is 0.0112. The quantitative estimate of drug-likeness (QED) is 0.262. The van der Waals surface area contributed by atoms with E-state index in [0.717, 1.165) is 4.90 Å². The fraction of sp³-hybridized carbons (Fsp3) is 0.722. The van der Waals surface area contributed by atoms with Crippen LogP contribution in [-0.2, 0) is 19.2 Å². The third-order valence-electron chi connectivity index (χ3n) is 5.12. The SMILES string of the molecule is O=C(O)CCC(C(=O)O)N1CCN(CC(=O)O)CCN(CC(=O)O)CCN(C(=O)O)CC1. The van der Waals surface area contributed by atoms with Crippen molar-refractivity contribution in [2.24, 2.45) is 0 Å². The molecule has 5 N–H and O–H groups in total. The zero-order valence-electron chi connectivity index (χ0n) is 17.6. The molecule has 0 bridgehead atoms. The van der Waals surface area contributed by atoms with Gasteiger partial charge >= 0.3 is 30.0 Å². The van der Waals surface area contributed by atoms with Gasteiger partial charge < -0.3 is 30.4 Å². The largest absolute Gasteiger partial charge is 0.481 e. The van der Waals surface area contributed by atoms with Crippen LogP contribution in [0.25, 0.3) is 0 Å². The Morgan fingerprint density at radius 2 is 1.06 bits per heavy atom. The van der Waals surface area contributed by atoms with Crippen LogP contribution in [0.15, 0.2) is 0 Å². The smallest absolute Gasteiger partial charge is 0.407 e. The van der Waals surface area contributed by atoms with Crippen molar-refractivity contribution in [1.29, 1.82) is 0 Å². The van der Waals surface area contributed by atoms with Gasteiger partial charge in [-0.3, -0.25) is 33.9 Å². The van der Waals surface area contributed by atoms with E-state index in [2.05, 4.69) is 0 Å². The van der Waals surface area contributed by atoms with Gasteiger partial charge in [0.2, 0.25) is 0 Å². The summed E-state index contributed by atoms with van der Waals surface area (Å²) < 4.78 is 0. The highest BCUT2D eigenvalue weighted by molar-refractivity contribution is 5.75. The highest BCUT2D eigenvalue weighted by Gasteiger charge is 2.28. The number of carboxylic acids is 4. The molecule has 1 fully saturated rings. The molecule has 182 valence electrons. The number of amides is 1. The standard InChI is InChI=1S/C18H30N4O10/c23-14(24)2-1-13(17(29)30)21-7-5-19(11-15(25)26)3-4-20(12-16(27)28)6-8-22(10-9-21)18(31)32/h13H,1-12H2,(H,23,24)(H,25,26)(H,27,28)(H,29,30)(H,31,32). The van der Waals surface area contributed by atoms with E-state index in [9.17, 15) is 39.3 Å². The minimum Gasteiger partial charge on any atom is -0.481 e. The lowest BCUT2D eigenvalue weighted by atomic mass is 10.1. The molecule has 1 aliphatic rings. The maximum absolute atomic E-state index is 11.8. The molecule has 1 saturated heterocycles. The Kier molecular flexibility index (Phi) is 11.4. The fourth-order valence-electron chi connectivity index (χ4n) is 3.44. The summed E-state index contributed by atoms with van der Waals surface area (Å²) in [6.07, 6.45) is -1.83. The first-order valence-corrected chi connectivity index (χ1v) is 10.0. The van der Waals surface area contributed by atoms with E-state index in [4.69, 9.17) is 10.2 Å². The summed E-state index contributed by atoms with van der Waals surface area (Å²) in [6, 6.07) is -1.18. The molecule has 0 aromatic heterocycles. The first-order chi connectivity index (χ1) is 15.0. The Balaban J connectivity index is 3.09. The number of hydrogen-bond acceptors (Lipinski definition) is 8. The molecule has 0 saturated carbocycles. The van der Waals surface area contributed by atoms with Crippen molar-refractivity contribution in [3.63, 3.8) is 0 Å². The van der Waals surface area contributed by atoms with Gasteiger partial charge in [-0.05, 0) is 6.42 Å². The molecule has 0 aromatic carbocycles. The Labute approximate surface area is 184 Å². The molecule has 0 spiro atoms. The molecule has 32 heavy (non-hydrogen) atoms. The normalized spacial score (nSPS) is 18.8. The third kappa shape index (κ3) is 10.4. The van der Waals surface area contributed by atoms with Gasteiger partial charge in [0.15, 0.2) is 0 Å². The van der Waals surface area contributed by atoms with Crippen LogP contribution in [0.5, 0.6) is 0 Å². The molecular formula is C18H30N4O10. The van der Waals surface area contributed by atoms with Gasteiger partial charge in [-0.1, -0.05) is 0 Å². The number of hydrogen-bond donors (Lipinski definition) is 5. The van der Waals surface area contributed by atoms with Crippen molar-refractivity contribution in [3.8, 4) is 0 Å². The van der Waals surface area contributed by atoms with Crippen LogP contribution in [0.4, 0.5) is 4.79 Å². The van der Waals surface area contributed by atoms with Crippen LogP contribution in [0.3, 0.4) is 0 Å². The average molecular weight is 462 g/mol. The first kappa shape index (κ1) is 27.1. The Hall–Kier alpha value is -2.97. The predicted octanol–water partition coefficient (Wildman–Crippen LogP) is -1.63. The highest BCUT2D eigenvalue weighted by atomic mass is 16.4. The summed E-state index contributed by atoms with van der Waals surface area (Å²) in [5.74, 6) is -4.62. The predicted molar refractivity (Wildman–Crippen MR) is 108 cm³/mol. The second-order valence-electron chi connectivity index (χ2n) is 7.43. The Morgan fingerprint density at radius 3 is 1.50 bits per heavy atom. The van der Waals surface area contributed by atoms with Gasteiger partial charge in [0.05, 0.1) is 13.1 Å². The monoisotopic (exact) mass is 462 g/mol. The molecule has 0 aliphatic carbocycles. The summed E-state index contributed by atoms with van der Waals surface area (Å²) in [5, 5.41) is 46.3. The topological polar surface area (TPSA) is 199 Å². The lowest BCUT2D eigenvalue weighted by Gasteiger charge is -2.35. The maximum Gasteiger partial charge on any atom is 0.407 e. The van der Waals surface area contributed by atoms with E-state index < -0.39 is 36.0 Å². The van der Waals surface area contributed by atoms with Crippen molar-refractivity contribution in [2.75, 3.05) is 65.4 Å². The van der Waals surface area contributed by atoms with Gasteiger partial charge in [0.1, 0.15) is 6.04 Å². The van der Waals surface area contributed by atoms with Crippen LogP contribution < -0.4 is 0 Å². The molecule has 1 unspecified atom stereocenters. The maximum atomic E-state index is 11.8. The van der Waals surface area contributed by atoms with Crippen molar-refractivity contribution in [3.05, 3.63) is 0 Å². The molecule has 0 radical (unpaired) electrons. The zero-order valence-corrected chi connectivity index (χ0v) is 17.6. The average Bonchev–Trinajstić information content (AvgIpc) is 2.65.